The monoisotopic (exact) mass is 205 g/mol. The maximum Gasteiger partial charge on any atom is 0.0616 e. The van der Waals surface area contributed by atoms with Gasteiger partial charge >= 0.3 is 0 Å². The zero-order valence-electron chi connectivity index (χ0n) is 9.30. The summed E-state index contributed by atoms with van der Waals surface area (Å²) in [6.45, 7) is 8.07. The molecule has 0 aromatic heterocycles. The highest BCUT2D eigenvalue weighted by atomic mass is 32.2. The molecule has 2 atom stereocenters. The van der Waals surface area contributed by atoms with Crippen LogP contribution in [0.15, 0.2) is 0 Å². The van der Waals surface area contributed by atoms with Gasteiger partial charge < -0.3 is 10.1 Å². The van der Waals surface area contributed by atoms with Gasteiger partial charge in [-0.05, 0) is 26.5 Å². The van der Waals surface area contributed by atoms with Crippen LogP contribution in [-0.2, 0) is 4.74 Å². The molecule has 0 radical (unpaired) electrons. The van der Waals surface area contributed by atoms with E-state index >= 15 is 0 Å². The SMILES string of the molecule is CCOCC(C)NC(CC)CSC. The smallest absolute Gasteiger partial charge is 0.0616 e. The minimum atomic E-state index is 0.469. The van der Waals surface area contributed by atoms with Crippen molar-refractivity contribution in [3.05, 3.63) is 0 Å². The van der Waals surface area contributed by atoms with Gasteiger partial charge in [0, 0.05) is 24.4 Å². The minimum Gasteiger partial charge on any atom is -0.380 e. The molecule has 0 saturated heterocycles. The largest absolute Gasteiger partial charge is 0.380 e. The van der Waals surface area contributed by atoms with Crippen LogP contribution in [0, 0.1) is 0 Å². The molecule has 80 valence electrons. The molecule has 2 nitrogen and oxygen atoms in total. The number of ether oxygens (including phenoxy) is 1. The lowest BCUT2D eigenvalue weighted by molar-refractivity contribution is 0.124. The lowest BCUT2D eigenvalue weighted by atomic mass is 10.2. The molecule has 0 aliphatic rings. The van der Waals surface area contributed by atoms with E-state index in [1.54, 1.807) is 0 Å². The molecule has 2 unspecified atom stereocenters. The molecular formula is C10H23NOS. The van der Waals surface area contributed by atoms with Gasteiger partial charge in [-0.15, -0.1) is 0 Å². The van der Waals surface area contributed by atoms with E-state index in [1.165, 1.54) is 12.2 Å². The predicted octanol–water partition coefficient (Wildman–Crippen LogP) is 2.14. The summed E-state index contributed by atoms with van der Waals surface area (Å²) in [5, 5.41) is 3.56. The fraction of sp³-hybridized carbons (Fsp3) is 1.00. The highest BCUT2D eigenvalue weighted by Crippen LogP contribution is 2.02. The highest BCUT2D eigenvalue weighted by Gasteiger charge is 2.08. The van der Waals surface area contributed by atoms with Crippen molar-refractivity contribution in [1.82, 2.24) is 5.32 Å². The van der Waals surface area contributed by atoms with Crippen molar-refractivity contribution in [2.75, 3.05) is 25.2 Å². The highest BCUT2D eigenvalue weighted by molar-refractivity contribution is 7.98. The Labute approximate surface area is 86.8 Å². The Morgan fingerprint density at radius 2 is 2.08 bits per heavy atom. The molecule has 3 heteroatoms. The zero-order valence-corrected chi connectivity index (χ0v) is 10.1. The summed E-state index contributed by atoms with van der Waals surface area (Å²) in [4.78, 5) is 0. The Morgan fingerprint density at radius 3 is 2.54 bits per heavy atom. The summed E-state index contributed by atoms with van der Waals surface area (Å²) in [7, 11) is 0. The summed E-state index contributed by atoms with van der Waals surface area (Å²) >= 11 is 1.90. The summed E-state index contributed by atoms with van der Waals surface area (Å²) in [5.74, 6) is 1.19. The van der Waals surface area contributed by atoms with Crippen molar-refractivity contribution in [1.29, 1.82) is 0 Å². The van der Waals surface area contributed by atoms with E-state index in [-0.39, 0.29) is 0 Å². The van der Waals surface area contributed by atoms with Crippen LogP contribution in [0.3, 0.4) is 0 Å². The van der Waals surface area contributed by atoms with Gasteiger partial charge in [-0.1, -0.05) is 6.92 Å². The molecule has 0 amide bonds. The van der Waals surface area contributed by atoms with E-state index in [0.29, 0.717) is 12.1 Å². The Hall–Kier alpha value is 0.270. The number of rotatable bonds is 8. The molecule has 0 bridgehead atoms. The van der Waals surface area contributed by atoms with Gasteiger partial charge in [-0.2, -0.15) is 11.8 Å². The second kappa shape index (κ2) is 8.85. The van der Waals surface area contributed by atoms with Crippen molar-refractivity contribution in [3.63, 3.8) is 0 Å². The van der Waals surface area contributed by atoms with Crippen molar-refractivity contribution >= 4 is 11.8 Å². The zero-order chi connectivity index (χ0) is 10.1. The van der Waals surface area contributed by atoms with E-state index in [2.05, 4.69) is 25.4 Å². The van der Waals surface area contributed by atoms with Gasteiger partial charge in [0.15, 0.2) is 0 Å². The summed E-state index contributed by atoms with van der Waals surface area (Å²) in [6, 6.07) is 1.10. The maximum absolute atomic E-state index is 5.35. The van der Waals surface area contributed by atoms with E-state index in [1.807, 2.05) is 18.7 Å². The maximum atomic E-state index is 5.35. The number of hydrogen-bond acceptors (Lipinski definition) is 3. The average molecular weight is 205 g/mol. The Morgan fingerprint density at radius 1 is 1.38 bits per heavy atom. The van der Waals surface area contributed by atoms with Crippen LogP contribution in [0.5, 0.6) is 0 Å². The molecule has 0 rings (SSSR count). The third kappa shape index (κ3) is 7.35. The van der Waals surface area contributed by atoms with E-state index < -0.39 is 0 Å². The minimum absolute atomic E-state index is 0.469. The van der Waals surface area contributed by atoms with Crippen LogP contribution in [0.4, 0.5) is 0 Å². The van der Waals surface area contributed by atoms with Gasteiger partial charge in [-0.25, -0.2) is 0 Å². The quantitative estimate of drug-likeness (QED) is 0.656. The Balaban J connectivity index is 3.53. The third-order valence-electron chi connectivity index (χ3n) is 1.95. The second-order valence-electron chi connectivity index (χ2n) is 3.29. The summed E-state index contributed by atoms with van der Waals surface area (Å²) < 4.78 is 5.35. The van der Waals surface area contributed by atoms with Gasteiger partial charge in [0.1, 0.15) is 0 Å². The van der Waals surface area contributed by atoms with Crippen LogP contribution in [0.1, 0.15) is 27.2 Å². The van der Waals surface area contributed by atoms with Crippen LogP contribution >= 0.6 is 11.8 Å². The molecule has 1 N–H and O–H groups in total. The van der Waals surface area contributed by atoms with Crippen LogP contribution in [0.25, 0.3) is 0 Å². The Bertz CT molecular complexity index is 111. The molecule has 0 aliphatic carbocycles. The topological polar surface area (TPSA) is 21.3 Å². The summed E-state index contributed by atoms with van der Waals surface area (Å²) in [5.41, 5.74) is 0. The van der Waals surface area contributed by atoms with Crippen molar-refractivity contribution in [2.24, 2.45) is 0 Å². The predicted molar refractivity (Wildman–Crippen MR) is 61.6 cm³/mol. The third-order valence-corrected chi connectivity index (χ3v) is 2.69. The standard InChI is InChI=1S/C10H23NOS/c1-5-10(8-13-4)11-9(3)7-12-6-2/h9-11H,5-8H2,1-4H3. The number of nitrogens with one attached hydrogen (secondary N) is 1. The number of hydrogen-bond donors (Lipinski definition) is 1. The van der Waals surface area contributed by atoms with Crippen LogP contribution in [-0.4, -0.2) is 37.3 Å². The van der Waals surface area contributed by atoms with Gasteiger partial charge in [0.2, 0.25) is 0 Å². The molecule has 0 spiro atoms. The second-order valence-corrected chi connectivity index (χ2v) is 4.20. The van der Waals surface area contributed by atoms with E-state index in [4.69, 9.17) is 4.74 Å². The summed E-state index contributed by atoms with van der Waals surface area (Å²) in [6.07, 6.45) is 3.34. The van der Waals surface area contributed by atoms with E-state index in [9.17, 15) is 0 Å². The molecule has 0 fully saturated rings. The average Bonchev–Trinajstić information content (AvgIpc) is 2.14. The van der Waals surface area contributed by atoms with Crippen LogP contribution in [0.2, 0.25) is 0 Å². The first kappa shape index (κ1) is 13.3. The first-order valence-corrected chi connectivity index (χ1v) is 6.46. The molecule has 0 aromatic carbocycles. The fourth-order valence-corrected chi connectivity index (χ4v) is 1.96. The van der Waals surface area contributed by atoms with Crippen molar-refractivity contribution in [3.8, 4) is 0 Å². The normalized spacial score (nSPS) is 15.7. The first-order valence-electron chi connectivity index (χ1n) is 5.07. The first-order chi connectivity index (χ1) is 6.24. The molecule has 0 aliphatic heterocycles. The van der Waals surface area contributed by atoms with Crippen molar-refractivity contribution < 1.29 is 4.74 Å². The molecule has 0 aromatic rings. The van der Waals surface area contributed by atoms with Gasteiger partial charge in [0.05, 0.1) is 6.61 Å². The molecule has 0 saturated carbocycles. The van der Waals surface area contributed by atoms with E-state index in [0.717, 1.165) is 13.2 Å². The number of thioether (sulfide) groups is 1. The lowest BCUT2D eigenvalue weighted by Crippen LogP contribution is -2.40. The van der Waals surface area contributed by atoms with Crippen molar-refractivity contribution in [2.45, 2.75) is 39.3 Å². The van der Waals surface area contributed by atoms with Crippen LogP contribution < -0.4 is 5.32 Å². The Kier molecular flexibility index (Phi) is 9.03. The van der Waals surface area contributed by atoms with Gasteiger partial charge in [-0.3, -0.25) is 0 Å². The molecule has 13 heavy (non-hydrogen) atoms. The molecule has 0 heterocycles. The molecular weight excluding hydrogens is 182 g/mol. The van der Waals surface area contributed by atoms with Gasteiger partial charge in [0.25, 0.3) is 0 Å². The lowest BCUT2D eigenvalue weighted by Gasteiger charge is -2.21. The fourth-order valence-electron chi connectivity index (χ4n) is 1.23.